The molecule has 0 saturated heterocycles. The van der Waals surface area contributed by atoms with Gasteiger partial charge in [-0.05, 0) is 35.8 Å². The van der Waals surface area contributed by atoms with Gasteiger partial charge in [0.25, 0.3) is 5.91 Å². The molecule has 11 heteroatoms. The van der Waals surface area contributed by atoms with Crippen LogP contribution in [0.5, 0.6) is 0 Å². The Morgan fingerprint density at radius 3 is 2.67 bits per heavy atom. The number of thiophene rings is 1. The maximum Gasteiger partial charge on any atom is 0.435 e. The van der Waals surface area contributed by atoms with Gasteiger partial charge in [-0.3, -0.25) is 14.4 Å². The number of carbonyl (C=O) groups excluding carboxylic acids is 1. The van der Waals surface area contributed by atoms with Crippen molar-refractivity contribution in [1.82, 2.24) is 14.7 Å². The predicted molar refractivity (Wildman–Crippen MR) is 118 cm³/mol. The fourth-order valence-corrected chi connectivity index (χ4v) is 5.38. The van der Waals surface area contributed by atoms with Crippen molar-refractivity contribution in [2.45, 2.75) is 31.5 Å². The number of rotatable bonds is 4. The van der Waals surface area contributed by atoms with E-state index in [-0.39, 0.29) is 33.4 Å². The number of hydrogen-bond donors (Lipinski definition) is 2. The Bertz CT molecular complexity index is 1240. The molecule has 3 aromatic rings. The normalized spacial score (nSPS) is 17.7. The van der Waals surface area contributed by atoms with E-state index in [9.17, 15) is 28.2 Å². The van der Waals surface area contributed by atoms with E-state index < -0.39 is 29.6 Å². The quantitative estimate of drug-likeness (QED) is 0.409. The van der Waals surface area contributed by atoms with Crippen LogP contribution in [0.25, 0.3) is 11.1 Å². The third kappa shape index (κ3) is 3.97. The topological polar surface area (TPSA) is 78.6 Å². The van der Waals surface area contributed by atoms with E-state index in [1.807, 2.05) is 0 Å². The fourth-order valence-electron chi connectivity index (χ4n) is 4.08. The molecule has 1 unspecified atom stereocenters. The van der Waals surface area contributed by atoms with Crippen molar-refractivity contribution >= 4 is 28.8 Å². The lowest BCUT2D eigenvalue weighted by Gasteiger charge is -2.42. The Labute approximate surface area is 196 Å². The first-order valence-electron chi connectivity index (χ1n) is 9.91. The van der Waals surface area contributed by atoms with Gasteiger partial charge in [0.2, 0.25) is 5.91 Å². The van der Waals surface area contributed by atoms with E-state index in [4.69, 9.17) is 11.6 Å². The molecule has 1 aromatic carbocycles. The van der Waals surface area contributed by atoms with Gasteiger partial charge in [0.15, 0.2) is 5.69 Å². The highest BCUT2D eigenvalue weighted by Gasteiger charge is 2.48. The van der Waals surface area contributed by atoms with Gasteiger partial charge in [-0.15, -0.1) is 11.3 Å². The summed E-state index contributed by atoms with van der Waals surface area (Å²) in [4.78, 5) is 13.3. The van der Waals surface area contributed by atoms with Crippen molar-refractivity contribution in [2.75, 3.05) is 6.54 Å². The third-order valence-corrected chi connectivity index (χ3v) is 6.94. The van der Waals surface area contributed by atoms with E-state index >= 15 is 0 Å². The van der Waals surface area contributed by atoms with Gasteiger partial charge >= 0.3 is 6.18 Å². The Balaban J connectivity index is 1.94. The molecule has 1 atom stereocenters. The SMILES string of the molecule is C=CC(=O)N1CC(c2ccccc2-c2cn(CC)nc2C(F)(F)F)c2cc(Cl)sc2C1(O)O. The van der Waals surface area contributed by atoms with Gasteiger partial charge in [-0.1, -0.05) is 42.4 Å². The molecule has 0 spiro atoms. The Kier molecular flexibility index (Phi) is 5.90. The van der Waals surface area contributed by atoms with Crippen LogP contribution in [0.15, 0.2) is 49.2 Å². The fraction of sp³-hybridized carbons (Fsp3) is 0.273. The minimum absolute atomic E-state index is 0.0223. The number of carbonyl (C=O) groups is 1. The van der Waals surface area contributed by atoms with Gasteiger partial charge < -0.3 is 10.2 Å². The zero-order valence-electron chi connectivity index (χ0n) is 17.3. The van der Waals surface area contributed by atoms with Gasteiger partial charge in [0, 0.05) is 30.8 Å². The largest absolute Gasteiger partial charge is 0.435 e. The number of aliphatic hydroxyl groups is 2. The molecule has 1 aliphatic heterocycles. The van der Waals surface area contributed by atoms with Crippen LogP contribution in [0.3, 0.4) is 0 Å². The molecule has 4 rings (SSSR count). The molecule has 0 radical (unpaired) electrons. The number of amides is 1. The minimum Gasteiger partial charge on any atom is -0.344 e. The van der Waals surface area contributed by atoms with Crippen LogP contribution in [0.4, 0.5) is 13.2 Å². The van der Waals surface area contributed by atoms with Crippen molar-refractivity contribution in [1.29, 1.82) is 0 Å². The van der Waals surface area contributed by atoms with Crippen LogP contribution >= 0.6 is 22.9 Å². The summed E-state index contributed by atoms with van der Waals surface area (Å²) in [6.45, 7) is 5.13. The van der Waals surface area contributed by atoms with Crippen LogP contribution in [0.1, 0.15) is 34.5 Å². The monoisotopic (exact) mass is 497 g/mol. The molecule has 1 amide bonds. The second kappa shape index (κ2) is 8.28. The first-order chi connectivity index (χ1) is 15.5. The number of aryl methyl sites for hydroxylation is 1. The lowest BCUT2D eigenvalue weighted by Crippen LogP contribution is -2.53. The number of fused-ring (bicyclic) bond motifs is 1. The Hall–Kier alpha value is -2.66. The number of halogens is 4. The Morgan fingerprint density at radius 1 is 1.33 bits per heavy atom. The lowest BCUT2D eigenvalue weighted by molar-refractivity contribution is -0.268. The van der Waals surface area contributed by atoms with Crippen LogP contribution in [-0.2, 0) is 23.4 Å². The average Bonchev–Trinajstić information content (AvgIpc) is 3.38. The summed E-state index contributed by atoms with van der Waals surface area (Å²) in [6, 6.07) is 8.02. The summed E-state index contributed by atoms with van der Waals surface area (Å²) >= 11 is 7.05. The lowest BCUT2D eigenvalue weighted by atomic mass is 9.83. The number of aromatic nitrogens is 2. The number of hydrogen-bond acceptors (Lipinski definition) is 5. The van der Waals surface area contributed by atoms with E-state index in [1.165, 1.54) is 10.9 Å². The van der Waals surface area contributed by atoms with E-state index in [2.05, 4.69) is 11.7 Å². The molecule has 2 N–H and O–H groups in total. The maximum absolute atomic E-state index is 13.8. The summed E-state index contributed by atoms with van der Waals surface area (Å²) in [5, 5.41) is 25.2. The zero-order chi connectivity index (χ0) is 24.1. The molecular formula is C22H19ClF3N3O3S. The molecule has 0 fully saturated rings. The molecule has 3 heterocycles. The summed E-state index contributed by atoms with van der Waals surface area (Å²) in [5.74, 6) is -4.05. The third-order valence-electron chi connectivity index (χ3n) is 5.57. The second-order valence-electron chi connectivity index (χ2n) is 7.51. The van der Waals surface area contributed by atoms with Gasteiger partial charge in [0.05, 0.1) is 9.21 Å². The van der Waals surface area contributed by atoms with Gasteiger partial charge in [0.1, 0.15) is 0 Å². The van der Waals surface area contributed by atoms with Crippen LogP contribution in [-0.4, -0.2) is 37.3 Å². The van der Waals surface area contributed by atoms with Crippen molar-refractivity contribution < 1.29 is 28.2 Å². The summed E-state index contributed by atoms with van der Waals surface area (Å²) in [6.07, 6.45) is -2.40. The molecular weight excluding hydrogens is 479 g/mol. The molecule has 1 aliphatic rings. The highest BCUT2D eigenvalue weighted by Crippen LogP contribution is 2.48. The smallest absolute Gasteiger partial charge is 0.344 e. The van der Waals surface area contributed by atoms with Gasteiger partial charge in [-0.2, -0.15) is 18.3 Å². The number of benzene rings is 1. The molecule has 0 saturated carbocycles. The highest BCUT2D eigenvalue weighted by atomic mass is 35.5. The molecule has 6 nitrogen and oxygen atoms in total. The van der Waals surface area contributed by atoms with E-state index in [0.717, 1.165) is 22.3 Å². The molecule has 33 heavy (non-hydrogen) atoms. The number of alkyl halides is 3. The standard InChI is InChI=1S/C22H19ClF3N3O3S/c1-3-18(30)29-11-15(14-9-17(23)33-20(14)22(29,31)32)12-7-5-6-8-13(12)16-10-28(4-2)27-19(16)21(24,25)26/h3,5-10,15,31-32H,1,4,11H2,2H3. The first kappa shape index (κ1) is 23.5. The average molecular weight is 498 g/mol. The molecule has 174 valence electrons. The van der Waals surface area contributed by atoms with Crippen molar-refractivity contribution in [3.05, 3.63) is 75.2 Å². The molecule has 0 aliphatic carbocycles. The van der Waals surface area contributed by atoms with Crippen LogP contribution in [0, 0.1) is 0 Å². The van der Waals surface area contributed by atoms with E-state index in [0.29, 0.717) is 11.1 Å². The molecule has 2 aromatic heterocycles. The summed E-state index contributed by atoms with van der Waals surface area (Å²) in [5.41, 5.74) is 0.0408. The maximum atomic E-state index is 13.8. The zero-order valence-corrected chi connectivity index (χ0v) is 18.9. The summed E-state index contributed by atoms with van der Waals surface area (Å²) in [7, 11) is 0. The highest BCUT2D eigenvalue weighted by molar-refractivity contribution is 7.16. The van der Waals surface area contributed by atoms with Gasteiger partial charge in [-0.25, -0.2) is 0 Å². The van der Waals surface area contributed by atoms with Crippen LogP contribution in [0.2, 0.25) is 4.34 Å². The van der Waals surface area contributed by atoms with Crippen LogP contribution < -0.4 is 0 Å². The van der Waals surface area contributed by atoms with Crippen molar-refractivity contribution in [3.8, 4) is 11.1 Å². The Morgan fingerprint density at radius 2 is 2.03 bits per heavy atom. The van der Waals surface area contributed by atoms with Crippen molar-refractivity contribution in [2.24, 2.45) is 0 Å². The predicted octanol–water partition coefficient (Wildman–Crippen LogP) is 4.56. The van der Waals surface area contributed by atoms with Crippen molar-refractivity contribution in [3.63, 3.8) is 0 Å². The van der Waals surface area contributed by atoms with E-state index in [1.54, 1.807) is 37.3 Å². The second-order valence-corrected chi connectivity index (χ2v) is 9.19. The first-order valence-corrected chi connectivity index (χ1v) is 11.1. The number of nitrogens with zero attached hydrogens (tertiary/aromatic N) is 3. The minimum atomic E-state index is -4.68. The molecule has 0 bridgehead atoms. The summed E-state index contributed by atoms with van der Waals surface area (Å²) < 4.78 is 42.8.